The van der Waals surface area contributed by atoms with Gasteiger partial charge in [0.15, 0.2) is 0 Å². The first kappa shape index (κ1) is 23.3. The summed E-state index contributed by atoms with van der Waals surface area (Å²) in [5.41, 5.74) is -0.381. The zero-order valence-electron chi connectivity index (χ0n) is 18.2. The van der Waals surface area contributed by atoms with Gasteiger partial charge in [-0.15, -0.1) is 0 Å². The molecule has 1 aliphatic rings. The molecule has 0 radical (unpaired) electrons. The molecule has 0 amide bonds. The van der Waals surface area contributed by atoms with Crippen molar-refractivity contribution in [2.45, 2.75) is 63.1 Å². The van der Waals surface area contributed by atoms with Crippen LogP contribution in [0.5, 0.6) is 0 Å². The smallest absolute Gasteiger partial charge is 0.302 e. The number of benzene rings is 2. The molecule has 0 heterocycles. The van der Waals surface area contributed by atoms with Crippen molar-refractivity contribution in [2.24, 2.45) is 5.92 Å². The number of halogens is 3. The van der Waals surface area contributed by atoms with E-state index in [0.717, 1.165) is 51.3 Å². The van der Waals surface area contributed by atoms with E-state index in [1.54, 1.807) is 6.07 Å². The van der Waals surface area contributed by atoms with Gasteiger partial charge in [-0.25, -0.2) is 0 Å². The largest absolute Gasteiger partial charge is 0.416 e. The normalized spacial score (nSPS) is 17.3. The molecule has 0 saturated heterocycles. The molecule has 1 aliphatic carbocycles. The predicted octanol–water partition coefficient (Wildman–Crippen LogP) is 6.96. The Bertz CT molecular complexity index is 866. The average Bonchev–Trinajstić information content (AvgIpc) is 2.78. The van der Waals surface area contributed by atoms with Crippen molar-refractivity contribution in [3.05, 3.63) is 71.3 Å². The van der Waals surface area contributed by atoms with Gasteiger partial charge in [0.05, 0.1) is 17.0 Å². The lowest BCUT2D eigenvalue weighted by molar-refractivity contribution is -0.138. The summed E-state index contributed by atoms with van der Waals surface area (Å²) < 4.78 is 41.6. The van der Waals surface area contributed by atoms with E-state index in [4.69, 9.17) is 0 Å². The summed E-state index contributed by atoms with van der Waals surface area (Å²) in [5, 5.41) is 10.3. The molecule has 0 spiro atoms. The van der Waals surface area contributed by atoms with Crippen LogP contribution in [0.25, 0.3) is 0 Å². The molecule has 2 aromatic rings. The van der Waals surface area contributed by atoms with Crippen molar-refractivity contribution in [3.8, 4) is 6.07 Å². The van der Waals surface area contributed by atoms with Gasteiger partial charge < -0.3 is 4.90 Å². The standard InChI is InChI=1S/C26H31F3N2/c1-31(19-21-11-4-2-5-12-21)18-10-17-25(20-30,22-13-6-3-7-14-22)23-15-8-9-16-24(23)26(27,28)29/h2,4-5,8-9,11-12,15-16,22H,3,6-7,10,13-14,17-19H2,1H3. The van der Waals surface area contributed by atoms with E-state index in [1.165, 1.54) is 17.7 Å². The lowest BCUT2D eigenvalue weighted by Crippen LogP contribution is -2.38. The molecule has 2 aromatic carbocycles. The fourth-order valence-electron chi connectivity index (χ4n) is 5.08. The molecule has 1 saturated carbocycles. The molecular weight excluding hydrogens is 397 g/mol. The van der Waals surface area contributed by atoms with Crippen LogP contribution in [0.1, 0.15) is 61.6 Å². The van der Waals surface area contributed by atoms with Gasteiger partial charge in [0.2, 0.25) is 0 Å². The number of hydrogen-bond donors (Lipinski definition) is 0. The molecule has 5 heteroatoms. The van der Waals surface area contributed by atoms with Gasteiger partial charge in [-0.1, -0.05) is 67.8 Å². The highest BCUT2D eigenvalue weighted by molar-refractivity contribution is 5.42. The molecular formula is C26H31F3N2. The van der Waals surface area contributed by atoms with Crippen LogP contribution in [-0.2, 0) is 18.1 Å². The van der Waals surface area contributed by atoms with E-state index in [-0.39, 0.29) is 11.5 Å². The van der Waals surface area contributed by atoms with Crippen LogP contribution in [0, 0.1) is 17.2 Å². The van der Waals surface area contributed by atoms with Crippen LogP contribution in [0.2, 0.25) is 0 Å². The maximum atomic E-state index is 13.9. The maximum absolute atomic E-state index is 13.9. The van der Waals surface area contributed by atoms with Crippen molar-refractivity contribution in [1.82, 2.24) is 4.90 Å². The van der Waals surface area contributed by atoms with Crippen LogP contribution >= 0.6 is 0 Å². The third-order valence-corrected chi connectivity index (χ3v) is 6.62. The Morgan fingerprint density at radius 1 is 0.935 bits per heavy atom. The van der Waals surface area contributed by atoms with E-state index < -0.39 is 17.2 Å². The number of nitrogens with zero attached hydrogens (tertiary/aromatic N) is 2. The second-order valence-electron chi connectivity index (χ2n) is 8.79. The molecule has 0 aliphatic heterocycles. The zero-order chi connectivity index (χ0) is 22.3. The fourth-order valence-corrected chi connectivity index (χ4v) is 5.08. The molecule has 0 bridgehead atoms. The predicted molar refractivity (Wildman–Crippen MR) is 117 cm³/mol. The molecule has 166 valence electrons. The van der Waals surface area contributed by atoms with Crippen LogP contribution in [0.3, 0.4) is 0 Å². The Hall–Kier alpha value is -2.32. The second-order valence-corrected chi connectivity index (χ2v) is 8.79. The molecule has 1 atom stereocenters. The van der Waals surface area contributed by atoms with E-state index in [2.05, 4.69) is 23.1 Å². The lowest BCUT2D eigenvalue weighted by Gasteiger charge is -2.39. The summed E-state index contributed by atoms with van der Waals surface area (Å²) in [6, 6.07) is 18.3. The van der Waals surface area contributed by atoms with E-state index >= 15 is 0 Å². The third kappa shape index (κ3) is 5.68. The highest BCUT2D eigenvalue weighted by atomic mass is 19.4. The monoisotopic (exact) mass is 428 g/mol. The van der Waals surface area contributed by atoms with Gasteiger partial charge in [-0.2, -0.15) is 18.4 Å². The molecule has 1 fully saturated rings. The Labute approximate surface area is 183 Å². The first-order chi connectivity index (χ1) is 14.9. The quantitative estimate of drug-likeness (QED) is 0.454. The summed E-state index contributed by atoms with van der Waals surface area (Å²) in [6.07, 6.45) is 1.36. The minimum atomic E-state index is -4.46. The second kappa shape index (κ2) is 10.3. The Morgan fingerprint density at radius 3 is 2.16 bits per heavy atom. The van der Waals surface area contributed by atoms with Crippen molar-refractivity contribution < 1.29 is 13.2 Å². The SMILES string of the molecule is CN(CCCC(C#N)(c1ccccc1C(F)(F)F)C1CCCCC1)Cc1ccccc1. The van der Waals surface area contributed by atoms with Crippen LogP contribution in [0.15, 0.2) is 54.6 Å². The van der Waals surface area contributed by atoms with Gasteiger partial charge in [-0.3, -0.25) is 0 Å². The number of hydrogen-bond acceptors (Lipinski definition) is 2. The highest BCUT2D eigenvalue weighted by Gasteiger charge is 2.46. The molecule has 2 nitrogen and oxygen atoms in total. The Morgan fingerprint density at radius 2 is 1.55 bits per heavy atom. The van der Waals surface area contributed by atoms with E-state index in [9.17, 15) is 18.4 Å². The number of rotatable bonds is 8. The topological polar surface area (TPSA) is 27.0 Å². The van der Waals surface area contributed by atoms with Crippen molar-refractivity contribution in [3.63, 3.8) is 0 Å². The summed E-state index contributed by atoms with van der Waals surface area (Å²) in [4.78, 5) is 2.17. The molecule has 0 N–H and O–H groups in total. The zero-order valence-corrected chi connectivity index (χ0v) is 18.2. The van der Waals surface area contributed by atoms with E-state index in [0.29, 0.717) is 12.8 Å². The minimum Gasteiger partial charge on any atom is -0.302 e. The molecule has 31 heavy (non-hydrogen) atoms. The number of alkyl halides is 3. The van der Waals surface area contributed by atoms with Crippen molar-refractivity contribution in [1.29, 1.82) is 5.26 Å². The van der Waals surface area contributed by atoms with Crippen LogP contribution < -0.4 is 0 Å². The first-order valence-corrected chi connectivity index (χ1v) is 11.2. The summed E-state index contributed by atoms with van der Waals surface area (Å²) in [7, 11) is 2.02. The Balaban J connectivity index is 1.83. The fraction of sp³-hybridized carbons (Fsp3) is 0.500. The van der Waals surface area contributed by atoms with Crippen molar-refractivity contribution >= 4 is 0 Å². The van der Waals surface area contributed by atoms with Gasteiger partial charge >= 0.3 is 6.18 Å². The third-order valence-electron chi connectivity index (χ3n) is 6.62. The van der Waals surface area contributed by atoms with Gasteiger partial charge in [0.25, 0.3) is 0 Å². The molecule has 0 aromatic heterocycles. The molecule has 3 rings (SSSR count). The number of nitriles is 1. The Kier molecular flexibility index (Phi) is 7.78. The van der Waals surface area contributed by atoms with Gasteiger partial charge in [0.1, 0.15) is 0 Å². The summed E-state index contributed by atoms with van der Waals surface area (Å²) in [6.45, 7) is 1.52. The van der Waals surface area contributed by atoms with E-state index in [1.807, 2.05) is 25.2 Å². The molecule has 1 unspecified atom stereocenters. The lowest BCUT2D eigenvalue weighted by atomic mass is 9.62. The first-order valence-electron chi connectivity index (χ1n) is 11.2. The summed E-state index contributed by atoms with van der Waals surface area (Å²) >= 11 is 0. The highest BCUT2D eigenvalue weighted by Crippen LogP contribution is 2.48. The van der Waals surface area contributed by atoms with Crippen LogP contribution in [0.4, 0.5) is 13.2 Å². The maximum Gasteiger partial charge on any atom is 0.416 e. The van der Waals surface area contributed by atoms with Crippen LogP contribution in [-0.4, -0.2) is 18.5 Å². The van der Waals surface area contributed by atoms with Gasteiger partial charge in [0, 0.05) is 6.54 Å². The van der Waals surface area contributed by atoms with Crippen molar-refractivity contribution in [2.75, 3.05) is 13.6 Å². The minimum absolute atomic E-state index is 0.0332. The van der Waals surface area contributed by atoms with Gasteiger partial charge in [-0.05, 0) is 62.4 Å². The summed E-state index contributed by atoms with van der Waals surface area (Å²) in [5.74, 6) is -0.0332. The average molecular weight is 429 g/mol.